The van der Waals surface area contributed by atoms with E-state index >= 15 is 0 Å². The van der Waals surface area contributed by atoms with Crippen LogP contribution in [0, 0.1) is 0 Å². The average Bonchev–Trinajstić information content (AvgIpc) is 2.23. The molecular formula is C8H12NO3S-. The average molecular weight is 202 g/mol. The maximum absolute atomic E-state index is 11.6. The van der Waals surface area contributed by atoms with Crippen LogP contribution < -0.4 is 10.4 Å². The highest BCUT2D eigenvalue weighted by atomic mass is 32.2. The predicted octanol–water partition coefficient (Wildman–Crippen LogP) is -0.176. The van der Waals surface area contributed by atoms with Gasteiger partial charge in [-0.2, -0.15) is 0 Å². The first-order chi connectivity index (χ1) is 6.06. The van der Waals surface area contributed by atoms with Crippen molar-refractivity contribution in [1.82, 2.24) is 5.32 Å². The first-order valence-electron chi connectivity index (χ1n) is 4.47. The number of hydrogen-bond acceptors (Lipinski definition) is 4. The van der Waals surface area contributed by atoms with E-state index in [0.717, 1.165) is 24.7 Å². The largest absolute Gasteiger partial charge is 0.860 e. The second-order valence-corrected chi connectivity index (χ2v) is 5.81. The van der Waals surface area contributed by atoms with Crippen LogP contribution in [0.25, 0.3) is 0 Å². The van der Waals surface area contributed by atoms with Crippen LogP contribution in [0.5, 0.6) is 0 Å². The summed E-state index contributed by atoms with van der Waals surface area (Å²) in [7, 11) is -3.34. The van der Waals surface area contributed by atoms with Gasteiger partial charge in [-0.25, -0.2) is 8.42 Å². The molecule has 1 aliphatic heterocycles. The van der Waals surface area contributed by atoms with Gasteiger partial charge in [-0.05, 0) is 18.7 Å². The first kappa shape index (κ1) is 8.87. The molecule has 0 atom stereocenters. The molecule has 74 valence electrons. The lowest BCUT2D eigenvalue weighted by atomic mass is 9.95. The highest BCUT2D eigenvalue weighted by molar-refractivity contribution is 7.95. The summed E-state index contributed by atoms with van der Waals surface area (Å²) in [5, 5.41) is 14.4. The van der Waals surface area contributed by atoms with Gasteiger partial charge in [0.05, 0.1) is 0 Å². The van der Waals surface area contributed by atoms with Crippen LogP contribution in [-0.2, 0) is 9.84 Å². The molecule has 0 aromatic heterocycles. The monoisotopic (exact) mass is 202 g/mol. The van der Waals surface area contributed by atoms with E-state index in [4.69, 9.17) is 0 Å². The zero-order valence-electron chi connectivity index (χ0n) is 7.25. The molecule has 0 bridgehead atoms. The van der Waals surface area contributed by atoms with E-state index < -0.39 is 20.6 Å². The molecule has 1 spiro atoms. The maximum Gasteiger partial charge on any atom is 0.196 e. The molecule has 0 unspecified atom stereocenters. The number of sulfone groups is 1. The Labute approximate surface area is 77.6 Å². The van der Waals surface area contributed by atoms with Crippen molar-refractivity contribution >= 4 is 9.84 Å². The molecular weight excluding hydrogens is 190 g/mol. The fraction of sp³-hybridized carbons (Fsp3) is 0.750. The molecule has 1 fully saturated rings. The minimum atomic E-state index is -3.34. The van der Waals surface area contributed by atoms with Crippen molar-refractivity contribution in [3.63, 3.8) is 0 Å². The second-order valence-electron chi connectivity index (χ2n) is 3.71. The molecule has 1 heterocycles. The van der Waals surface area contributed by atoms with Gasteiger partial charge in [0.25, 0.3) is 0 Å². The Hall–Kier alpha value is -0.710. The maximum atomic E-state index is 11.6. The number of hydrogen-bond donors (Lipinski definition) is 1. The normalized spacial score (nSPS) is 29.7. The van der Waals surface area contributed by atoms with Crippen LogP contribution in [0.4, 0.5) is 0 Å². The summed E-state index contributed by atoms with van der Waals surface area (Å²) in [5.41, 5.74) is 0. The lowest BCUT2D eigenvalue weighted by Crippen LogP contribution is -2.48. The third-order valence-corrected chi connectivity index (χ3v) is 4.94. The molecule has 0 radical (unpaired) electrons. The molecule has 0 saturated heterocycles. The fourth-order valence-electron chi connectivity index (χ4n) is 2.11. The van der Waals surface area contributed by atoms with Crippen LogP contribution in [0.1, 0.15) is 32.1 Å². The van der Waals surface area contributed by atoms with E-state index in [2.05, 4.69) is 5.32 Å². The summed E-state index contributed by atoms with van der Waals surface area (Å²) in [6.07, 6.45) is 3.96. The Morgan fingerprint density at radius 1 is 1.31 bits per heavy atom. The van der Waals surface area contributed by atoms with Crippen molar-refractivity contribution in [2.75, 3.05) is 0 Å². The van der Waals surface area contributed by atoms with Crippen molar-refractivity contribution in [2.45, 2.75) is 37.0 Å². The predicted molar refractivity (Wildman–Crippen MR) is 46.0 cm³/mol. The molecule has 5 heteroatoms. The standard InChI is InChI=1S/C8H13NO3S/c10-7-6-13(11,12)8(9-7)4-2-1-3-5-8/h6,9-10H,1-5H2/p-1. The van der Waals surface area contributed by atoms with Gasteiger partial charge in [0, 0.05) is 5.41 Å². The molecule has 1 aliphatic carbocycles. The van der Waals surface area contributed by atoms with Crippen LogP contribution in [0.2, 0.25) is 0 Å². The van der Waals surface area contributed by atoms with Gasteiger partial charge in [0.1, 0.15) is 4.87 Å². The molecule has 2 rings (SSSR count). The highest BCUT2D eigenvalue weighted by Crippen LogP contribution is 2.37. The first-order valence-corrected chi connectivity index (χ1v) is 6.02. The topological polar surface area (TPSA) is 69.2 Å². The number of nitrogens with one attached hydrogen (secondary N) is 1. The van der Waals surface area contributed by atoms with Crippen LogP contribution in [-0.4, -0.2) is 13.3 Å². The van der Waals surface area contributed by atoms with E-state index in [1.165, 1.54) is 0 Å². The molecule has 2 aliphatic rings. The van der Waals surface area contributed by atoms with E-state index in [9.17, 15) is 13.5 Å². The lowest BCUT2D eigenvalue weighted by molar-refractivity contribution is -0.312. The molecule has 0 aromatic rings. The van der Waals surface area contributed by atoms with Crippen molar-refractivity contribution in [3.8, 4) is 0 Å². The van der Waals surface area contributed by atoms with Crippen molar-refractivity contribution < 1.29 is 13.5 Å². The van der Waals surface area contributed by atoms with Crippen molar-refractivity contribution in [1.29, 1.82) is 0 Å². The summed E-state index contributed by atoms with van der Waals surface area (Å²) >= 11 is 0. The number of rotatable bonds is 0. The Bertz CT molecular complexity index is 338. The molecule has 13 heavy (non-hydrogen) atoms. The van der Waals surface area contributed by atoms with Gasteiger partial charge in [0.2, 0.25) is 0 Å². The summed E-state index contributed by atoms with van der Waals surface area (Å²) in [6.45, 7) is 0. The van der Waals surface area contributed by atoms with Crippen molar-refractivity contribution in [2.24, 2.45) is 0 Å². The van der Waals surface area contributed by atoms with Gasteiger partial charge in [-0.1, -0.05) is 19.3 Å². The Kier molecular flexibility index (Phi) is 1.80. The van der Waals surface area contributed by atoms with Gasteiger partial charge < -0.3 is 10.4 Å². The third-order valence-electron chi connectivity index (χ3n) is 2.82. The van der Waals surface area contributed by atoms with Gasteiger partial charge in [-0.15, -0.1) is 0 Å². The van der Waals surface area contributed by atoms with E-state index in [1.54, 1.807) is 0 Å². The zero-order chi connectivity index (χ0) is 9.53. The molecule has 0 amide bonds. The Balaban J connectivity index is 2.35. The Morgan fingerprint density at radius 3 is 2.38 bits per heavy atom. The van der Waals surface area contributed by atoms with Gasteiger partial charge >= 0.3 is 0 Å². The van der Waals surface area contributed by atoms with Crippen LogP contribution >= 0.6 is 0 Å². The minimum Gasteiger partial charge on any atom is -0.860 e. The molecule has 1 saturated carbocycles. The van der Waals surface area contributed by atoms with Crippen LogP contribution in [0.3, 0.4) is 0 Å². The van der Waals surface area contributed by atoms with Gasteiger partial charge in [0.15, 0.2) is 9.84 Å². The zero-order valence-corrected chi connectivity index (χ0v) is 8.06. The fourth-order valence-corrected chi connectivity index (χ4v) is 3.78. The second kappa shape index (κ2) is 2.64. The molecule has 0 aromatic carbocycles. The van der Waals surface area contributed by atoms with E-state index in [-0.39, 0.29) is 0 Å². The quantitative estimate of drug-likeness (QED) is 0.592. The SMILES string of the molecule is O=S1(=O)C=C([O-])NC12CCCCC2. The molecule has 1 N–H and O–H groups in total. The van der Waals surface area contributed by atoms with Gasteiger partial charge in [-0.3, -0.25) is 0 Å². The molecule has 4 nitrogen and oxygen atoms in total. The van der Waals surface area contributed by atoms with E-state index in [0.29, 0.717) is 12.8 Å². The summed E-state index contributed by atoms with van der Waals surface area (Å²) < 4.78 is 23.2. The summed E-state index contributed by atoms with van der Waals surface area (Å²) in [4.78, 5) is -0.942. The summed E-state index contributed by atoms with van der Waals surface area (Å²) in [5.74, 6) is -0.457. The van der Waals surface area contributed by atoms with Crippen molar-refractivity contribution in [3.05, 3.63) is 11.3 Å². The lowest BCUT2D eigenvalue weighted by Gasteiger charge is -2.34. The minimum absolute atomic E-state index is 0.457. The summed E-state index contributed by atoms with van der Waals surface area (Å²) in [6, 6.07) is 0. The third kappa shape index (κ3) is 1.22. The smallest absolute Gasteiger partial charge is 0.196 e. The van der Waals surface area contributed by atoms with E-state index in [1.807, 2.05) is 0 Å². The Morgan fingerprint density at radius 2 is 1.92 bits per heavy atom. The highest BCUT2D eigenvalue weighted by Gasteiger charge is 2.45. The van der Waals surface area contributed by atoms with Crippen LogP contribution in [0.15, 0.2) is 11.3 Å².